The van der Waals surface area contributed by atoms with Crippen LogP contribution >= 0.6 is 0 Å². The van der Waals surface area contributed by atoms with Gasteiger partial charge in [-0.05, 0) is 51.9 Å². The molecule has 0 atom stereocenters. The third-order valence-electron chi connectivity index (χ3n) is 5.54. The van der Waals surface area contributed by atoms with E-state index >= 15 is 0 Å². The van der Waals surface area contributed by atoms with Gasteiger partial charge in [-0.1, -0.05) is 60.7 Å². The van der Waals surface area contributed by atoms with Crippen molar-refractivity contribution in [3.63, 3.8) is 0 Å². The molecule has 136 valence electrons. The number of aromatic nitrogens is 1. The van der Waals surface area contributed by atoms with Crippen LogP contribution in [-0.2, 0) is 0 Å². The lowest BCUT2D eigenvalue weighted by Gasteiger charge is -2.10. The molecule has 2 nitrogen and oxygen atoms in total. The maximum absolute atomic E-state index is 6.58. The van der Waals surface area contributed by atoms with Gasteiger partial charge in [0.05, 0.1) is 5.39 Å². The Morgan fingerprint density at radius 3 is 1.97 bits per heavy atom. The number of benzene rings is 5. The maximum atomic E-state index is 6.58. The number of para-hydroxylation sites is 1. The summed E-state index contributed by atoms with van der Waals surface area (Å²) in [6.07, 6.45) is 1.97. The van der Waals surface area contributed by atoms with Crippen molar-refractivity contribution >= 4 is 43.2 Å². The monoisotopic (exact) mass is 372 g/mol. The predicted octanol–water partition coefficient (Wildman–Crippen LogP) is 6.43. The predicted molar refractivity (Wildman–Crippen MR) is 119 cm³/mol. The highest BCUT2D eigenvalue weighted by Crippen LogP contribution is 2.36. The van der Waals surface area contributed by atoms with Crippen molar-refractivity contribution in [3.8, 4) is 5.75 Å². The van der Waals surface area contributed by atoms with Gasteiger partial charge in [0.2, 0.25) is 11.9 Å². The van der Waals surface area contributed by atoms with Gasteiger partial charge in [-0.15, -0.1) is 0 Å². The molecule has 0 saturated carbocycles. The van der Waals surface area contributed by atoms with E-state index in [2.05, 4.69) is 84.9 Å². The fourth-order valence-electron chi connectivity index (χ4n) is 4.13. The lowest BCUT2D eigenvalue weighted by Crippen LogP contribution is -2.40. The SMILES string of the molecule is c1ccc2cc3c(O[n+]4cccc5ccccc54)c4ccccc4cc3cc2c1. The molecule has 0 aliphatic rings. The van der Waals surface area contributed by atoms with Crippen molar-refractivity contribution in [3.05, 3.63) is 109 Å². The first kappa shape index (κ1) is 16.1. The smallest absolute Gasteiger partial charge is 0.230 e. The van der Waals surface area contributed by atoms with Gasteiger partial charge in [0.25, 0.3) is 5.52 Å². The molecule has 1 heterocycles. The first-order chi connectivity index (χ1) is 14.4. The van der Waals surface area contributed by atoms with Gasteiger partial charge in [-0.3, -0.25) is 0 Å². The molecule has 6 rings (SSSR count). The second kappa shape index (κ2) is 6.32. The minimum absolute atomic E-state index is 0.880. The van der Waals surface area contributed by atoms with Crippen LogP contribution in [0, 0.1) is 0 Å². The van der Waals surface area contributed by atoms with Crippen LogP contribution in [0.2, 0.25) is 0 Å². The molecule has 0 saturated heterocycles. The quantitative estimate of drug-likeness (QED) is 0.252. The molecule has 0 radical (unpaired) electrons. The van der Waals surface area contributed by atoms with Crippen LogP contribution in [0.15, 0.2) is 109 Å². The number of nitrogens with zero attached hydrogens (tertiary/aromatic N) is 1. The highest BCUT2D eigenvalue weighted by Gasteiger charge is 2.17. The minimum Gasteiger partial charge on any atom is -0.230 e. The van der Waals surface area contributed by atoms with Crippen molar-refractivity contribution in [2.75, 3.05) is 0 Å². The summed E-state index contributed by atoms with van der Waals surface area (Å²) in [5.41, 5.74) is 1.04. The number of rotatable bonds is 2. The number of hydrogen-bond acceptors (Lipinski definition) is 1. The lowest BCUT2D eigenvalue weighted by molar-refractivity contribution is -0.853. The average molecular weight is 372 g/mol. The second-order valence-corrected chi connectivity index (χ2v) is 7.33. The first-order valence-electron chi connectivity index (χ1n) is 9.79. The summed E-state index contributed by atoms with van der Waals surface area (Å²) >= 11 is 0. The molecule has 0 aliphatic carbocycles. The van der Waals surface area contributed by atoms with E-state index in [1.165, 1.54) is 21.5 Å². The Balaban J connectivity index is 1.69. The molecule has 0 bridgehead atoms. The Morgan fingerprint density at radius 2 is 1.10 bits per heavy atom. The zero-order valence-electron chi connectivity index (χ0n) is 15.7. The van der Waals surface area contributed by atoms with E-state index in [1.807, 2.05) is 29.1 Å². The van der Waals surface area contributed by atoms with Crippen molar-refractivity contribution < 1.29 is 9.57 Å². The summed E-state index contributed by atoms with van der Waals surface area (Å²) in [5, 5.41) is 8.16. The summed E-state index contributed by atoms with van der Waals surface area (Å²) in [5.74, 6) is 0.880. The third-order valence-corrected chi connectivity index (χ3v) is 5.54. The summed E-state index contributed by atoms with van der Waals surface area (Å²) in [6.45, 7) is 0. The fraction of sp³-hybridized carbons (Fsp3) is 0. The topological polar surface area (TPSA) is 13.1 Å². The molecule has 0 N–H and O–H groups in total. The molecule has 2 heteroatoms. The molecule has 1 aromatic heterocycles. The van der Waals surface area contributed by atoms with Crippen LogP contribution in [0.1, 0.15) is 0 Å². The standard InChI is InChI=1S/C27H18NO/c1-2-10-21-18-25-23(16-20(21)9-1)17-22-11-3-5-13-24(22)27(25)29-28-15-7-12-19-8-4-6-14-26(19)28/h1-18H/q+1. The molecule has 0 fully saturated rings. The van der Waals surface area contributed by atoms with E-state index in [4.69, 9.17) is 4.84 Å². The highest BCUT2D eigenvalue weighted by atomic mass is 16.7. The zero-order valence-corrected chi connectivity index (χ0v) is 15.7. The second-order valence-electron chi connectivity index (χ2n) is 7.33. The van der Waals surface area contributed by atoms with Gasteiger partial charge in [0.1, 0.15) is 0 Å². The largest absolute Gasteiger partial charge is 0.265 e. The van der Waals surface area contributed by atoms with Gasteiger partial charge >= 0.3 is 0 Å². The molecular weight excluding hydrogens is 354 g/mol. The van der Waals surface area contributed by atoms with Crippen molar-refractivity contribution in [1.82, 2.24) is 0 Å². The van der Waals surface area contributed by atoms with Crippen LogP contribution in [0.25, 0.3) is 43.2 Å². The van der Waals surface area contributed by atoms with Crippen molar-refractivity contribution in [1.29, 1.82) is 0 Å². The van der Waals surface area contributed by atoms with E-state index in [1.54, 1.807) is 0 Å². The van der Waals surface area contributed by atoms with Crippen molar-refractivity contribution in [2.24, 2.45) is 0 Å². The highest BCUT2D eigenvalue weighted by molar-refractivity contribution is 6.09. The van der Waals surface area contributed by atoms with Gasteiger partial charge < -0.3 is 0 Å². The number of fused-ring (bicyclic) bond motifs is 4. The average Bonchev–Trinajstić information content (AvgIpc) is 2.78. The molecule has 0 amide bonds. The van der Waals surface area contributed by atoms with E-state index in [-0.39, 0.29) is 0 Å². The summed E-state index contributed by atoms with van der Waals surface area (Å²) in [6, 6.07) is 36.0. The Hall–Kier alpha value is -3.91. The van der Waals surface area contributed by atoms with Crippen LogP contribution in [0.3, 0.4) is 0 Å². The lowest BCUT2D eigenvalue weighted by atomic mass is 9.98. The Bertz CT molecular complexity index is 1520. The summed E-state index contributed by atoms with van der Waals surface area (Å²) < 4.78 is 1.87. The molecule has 29 heavy (non-hydrogen) atoms. The van der Waals surface area contributed by atoms with Crippen LogP contribution in [0.4, 0.5) is 0 Å². The molecule has 6 aromatic rings. The summed E-state index contributed by atoms with van der Waals surface area (Å²) in [7, 11) is 0. The Morgan fingerprint density at radius 1 is 0.483 bits per heavy atom. The molecular formula is C27H18NO+. The number of hydrogen-bond donors (Lipinski definition) is 0. The number of pyridine rings is 1. The van der Waals surface area contributed by atoms with E-state index < -0.39 is 0 Å². The Kier molecular flexibility index (Phi) is 3.50. The third kappa shape index (κ3) is 2.61. The molecule has 0 aliphatic heterocycles. The van der Waals surface area contributed by atoms with Gasteiger partial charge in [-0.2, -0.15) is 0 Å². The van der Waals surface area contributed by atoms with Gasteiger partial charge in [-0.25, -0.2) is 4.84 Å². The normalized spacial score (nSPS) is 11.4. The van der Waals surface area contributed by atoms with Crippen LogP contribution in [-0.4, -0.2) is 0 Å². The first-order valence-corrected chi connectivity index (χ1v) is 9.79. The zero-order chi connectivity index (χ0) is 19.2. The maximum Gasteiger partial charge on any atom is 0.265 e. The van der Waals surface area contributed by atoms with E-state index in [9.17, 15) is 0 Å². The molecule has 0 spiro atoms. The fourth-order valence-corrected chi connectivity index (χ4v) is 4.13. The Labute approximate surface area is 168 Å². The molecule has 0 unspecified atom stereocenters. The van der Waals surface area contributed by atoms with Crippen LogP contribution in [0.5, 0.6) is 5.75 Å². The van der Waals surface area contributed by atoms with Gasteiger partial charge in [0, 0.05) is 27.6 Å². The van der Waals surface area contributed by atoms with Gasteiger partial charge in [0.15, 0.2) is 0 Å². The van der Waals surface area contributed by atoms with E-state index in [0.29, 0.717) is 0 Å². The van der Waals surface area contributed by atoms with Crippen molar-refractivity contribution in [2.45, 2.75) is 0 Å². The minimum atomic E-state index is 0.880. The van der Waals surface area contributed by atoms with Crippen LogP contribution < -0.4 is 9.57 Å². The molecule has 5 aromatic carbocycles. The summed E-state index contributed by atoms with van der Waals surface area (Å²) in [4.78, 5) is 6.58. The van der Waals surface area contributed by atoms with E-state index in [0.717, 1.165) is 27.4 Å².